The number of benzene rings is 2. The van der Waals surface area contributed by atoms with Gasteiger partial charge in [-0.1, -0.05) is 6.07 Å². The molecule has 0 fully saturated rings. The SMILES string of the molecule is CC(NCc1ccc(F)cc1F)c1cc(F)cc(F)c1. The lowest BCUT2D eigenvalue weighted by atomic mass is 10.1. The van der Waals surface area contributed by atoms with E-state index in [-0.39, 0.29) is 18.2 Å². The first-order chi connectivity index (χ1) is 9.45. The van der Waals surface area contributed by atoms with Crippen molar-refractivity contribution in [3.8, 4) is 0 Å². The van der Waals surface area contributed by atoms with E-state index in [1.54, 1.807) is 6.92 Å². The molecule has 1 atom stereocenters. The minimum atomic E-state index is -0.665. The largest absolute Gasteiger partial charge is 0.306 e. The average Bonchev–Trinajstić information content (AvgIpc) is 2.36. The Hall–Kier alpha value is -1.88. The van der Waals surface area contributed by atoms with Crippen LogP contribution in [0.2, 0.25) is 0 Å². The normalized spacial score (nSPS) is 12.4. The van der Waals surface area contributed by atoms with Crippen LogP contribution in [0.4, 0.5) is 17.6 Å². The van der Waals surface area contributed by atoms with Crippen LogP contribution in [0.25, 0.3) is 0 Å². The van der Waals surface area contributed by atoms with E-state index < -0.39 is 23.3 Å². The molecule has 0 saturated carbocycles. The molecule has 106 valence electrons. The highest BCUT2D eigenvalue weighted by atomic mass is 19.1. The fourth-order valence-electron chi connectivity index (χ4n) is 1.87. The predicted molar refractivity (Wildman–Crippen MR) is 68.0 cm³/mol. The number of hydrogen-bond acceptors (Lipinski definition) is 1. The second-order valence-corrected chi connectivity index (χ2v) is 4.54. The summed E-state index contributed by atoms with van der Waals surface area (Å²) in [6.45, 7) is 1.83. The summed E-state index contributed by atoms with van der Waals surface area (Å²) in [7, 11) is 0. The Bertz CT molecular complexity index is 593. The van der Waals surface area contributed by atoms with Gasteiger partial charge >= 0.3 is 0 Å². The summed E-state index contributed by atoms with van der Waals surface area (Å²) in [6.07, 6.45) is 0. The molecule has 0 aliphatic carbocycles. The third kappa shape index (κ3) is 3.57. The number of rotatable bonds is 4. The molecular weight excluding hydrogens is 270 g/mol. The van der Waals surface area contributed by atoms with Crippen LogP contribution in [0.1, 0.15) is 24.1 Å². The Morgan fingerprint density at radius 2 is 1.55 bits per heavy atom. The van der Waals surface area contributed by atoms with Gasteiger partial charge in [-0.05, 0) is 30.7 Å². The smallest absolute Gasteiger partial charge is 0.130 e. The van der Waals surface area contributed by atoms with Gasteiger partial charge in [-0.2, -0.15) is 0 Å². The first kappa shape index (κ1) is 14.5. The van der Waals surface area contributed by atoms with Crippen LogP contribution >= 0.6 is 0 Å². The van der Waals surface area contributed by atoms with Crippen molar-refractivity contribution in [3.05, 3.63) is 70.8 Å². The van der Waals surface area contributed by atoms with Crippen molar-refractivity contribution in [1.82, 2.24) is 5.32 Å². The first-order valence-corrected chi connectivity index (χ1v) is 6.09. The lowest BCUT2D eigenvalue weighted by Gasteiger charge is -2.15. The zero-order chi connectivity index (χ0) is 14.7. The molecule has 0 aliphatic rings. The van der Waals surface area contributed by atoms with E-state index in [4.69, 9.17) is 0 Å². The van der Waals surface area contributed by atoms with Crippen LogP contribution in [-0.2, 0) is 6.54 Å². The highest BCUT2D eigenvalue weighted by Gasteiger charge is 2.10. The summed E-state index contributed by atoms with van der Waals surface area (Å²) in [5, 5.41) is 2.93. The third-order valence-corrected chi connectivity index (χ3v) is 3.00. The van der Waals surface area contributed by atoms with Gasteiger partial charge in [-0.25, -0.2) is 17.6 Å². The standard InChI is InChI=1S/C15H13F4N/c1-9(11-4-13(17)6-14(18)5-11)20-8-10-2-3-12(16)7-15(10)19/h2-7,9,20H,8H2,1H3. The fourth-order valence-corrected chi connectivity index (χ4v) is 1.87. The summed E-state index contributed by atoms with van der Waals surface area (Å²) >= 11 is 0. The quantitative estimate of drug-likeness (QED) is 0.833. The van der Waals surface area contributed by atoms with Crippen LogP contribution < -0.4 is 5.32 Å². The molecule has 2 aromatic carbocycles. The zero-order valence-electron chi connectivity index (χ0n) is 10.8. The van der Waals surface area contributed by atoms with Crippen molar-refractivity contribution in [3.63, 3.8) is 0 Å². The van der Waals surface area contributed by atoms with Gasteiger partial charge in [0.15, 0.2) is 0 Å². The minimum absolute atomic E-state index is 0.130. The van der Waals surface area contributed by atoms with E-state index in [1.807, 2.05) is 0 Å². The van der Waals surface area contributed by atoms with Crippen molar-refractivity contribution in [2.24, 2.45) is 0 Å². The summed E-state index contributed by atoms with van der Waals surface area (Å²) in [5.74, 6) is -2.63. The Morgan fingerprint density at radius 1 is 0.900 bits per heavy atom. The molecule has 2 rings (SSSR count). The lowest BCUT2D eigenvalue weighted by molar-refractivity contribution is 0.524. The molecule has 2 aromatic rings. The van der Waals surface area contributed by atoms with Crippen molar-refractivity contribution < 1.29 is 17.6 Å². The van der Waals surface area contributed by atoms with Gasteiger partial charge in [0.1, 0.15) is 23.3 Å². The average molecular weight is 283 g/mol. The monoisotopic (exact) mass is 283 g/mol. The van der Waals surface area contributed by atoms with Gasteiger partial charge in [0, 0.05) is 30.3 Å². The van der Waals surface area contributed by atoms with E-state index >= 15 is 0 Å². The third-order valence-electron chi connectivity index (χ3n) is 3.00. The molecule has 0 aromatic heterocycles. The maximum atomic E-state index is 13.4. The molecule has 0 spiro atoms. The van der Waals surface area contributed by atoms with Gasteiger partial charge < -0.3 is 5.32 Å². The highest BCUT2D eigenvalue weighted by molar-refractivity contribution is 5.22. The van der Waals surface area contributed by atoms with Crippen molar-refractivity contribution in [2.75, 3.05) is 0 Å². The fraction of sp³-hybridized carbons (Fsp3) is 0.200. The number of nitrogens with one attached hydrogen (secondary N) is 1. The molecule has 1 N–H and O–H groups in total. The van der Waals surface area contributed by atoms with Crippen LogP contribution in [0.3, 0.4) is 0 Å². The molecule has 5 heteroatoms. The zero-order valence-corrected chi connectivity index (χ0v) is 10.8. The molecule has 0 saturated heterocycles. The van der Waals surface area contributed by atoms with E-state index in [2.05, 4.69) is 5.32 Å². The van der Waals surface area contributed by atoms with Crippen LogP contribution in [0, 0.1) is 23.3 Å². The van der Waals surface area contributed by atoms with E-state index in [0.29, 0.717) is 5.56 Å². The van der Waals surface area contributed by atoms with Crippen LogP contribution in [0.5, 0.6) is 0 Å². The highest BCUT2D eigenvalue weighted by Crippen LogP contribution is 2.17. The molecule has 1 unspecified atom stereocenters. The maximum absolute atomic E-state index is 13.4. The summed E-state index contributed by atoms with van der Waals surface area (Å²) in [6, 6.07) is 6.12. The molecule has 0 bridgehead atoms. The molecular formula is C15H13F4N. The van der Waals surface area contributed by atoms with Gasteiger partial charge in [-0.3, -0.25) is 0 Å². The topological polar surface area (TPSA) is 12.0 Å². The molecule has 0 heterocycles. The number of halogens is 4. The summed E-state index contributed by atoms with van der Waals surface area (Å²) < 4.78 is 52.4. The second kappa shape index (κ2) is 6.05. The van der Waals surface area contributed by atoms with Gasteiger partial charge in [0.25, 0.3) is 0 Å². The van der Waals surface area contributed by atoms with Crippen molar-refractivity contribution in [1.29, 1.82) is 0 Å². The van der Waals surface area contributed by atoms with Gasteiger partial charge in [0.05, 0.1) is 0 Å². The molecule has 0 radical (unpaired) electrons. The number of hydrogen-bond donors (Lipinski definition) is 1. The van der Waals surface area contributed by atoms with Crippen LogP contribution in [-0.4, -0.2) is 0 Å². The summed E-state index contributed by atoms with van der Waals surface area (Å²) in [5.41, 5.74) is 0.708. The minimum Gasteiger partial charge on any atom is -0.306 e. The van der Waals surface area contributed by atoms with E-state index in [0.717, 1.165) is 18.2 Å². The van der Waals surface area contributed by atoms with Crippen molar-refractivity contribution >= 4 is 0 Å². The van der Waals surface area contributed by atoms with Gasteiger partial charge in [0.2, 0.25) is 0 Å². The van der Waals surface area contributed by atoms with Crippen molar-refractivity contribution in [2.45, 2.75) is 19.5 Å². The Balaban J connectivity index is 2.06. The van der Waals surface area contributed by atoms with E-state index in [1.165, 1.54) is 18.2 Å². The maximum Gasteiger partial charge on any atom is 0.130 e. The Morgan fingerprint density at radius 3 is 2.15 bits per heavy atom. The Labute approximate surface area is 114 Å². The molecule has 0 amide bonds. The first-order valence-electron chi connectivity index (χ1n) is 6.09. The lowest BCUT2D eigenvalue weighted by Crippen LogP contribution is -2.19. The van der Waals surface area contributed by atoms with Crippen LogP contribution in [0.15, 0.2) is 36.4 Å². The second-order valence-electron chi connectivity index (χ2n) is 4.54. The predicted octanol–water partition coefficient (Wildman–Crippen LogP) is 4.09. The van der Waals surface area contributed by atoms with E-state index in [9.17, 15) is 17.6 Å². The summed E-state index contributed by atoms with van der Waals surface area (Å²) in [4.78, 5) is 0. The van der Waals surface area contributed by atoms with Gasteiger partial charge in [-0.15, -0.1) is 0 Å². The Kier molecular flexibility index (Phi) is 4.39. The molecule has 0 aliphatic heterocycles. The molecule has 1 nitrogen and oxygen atoms in total. The molecule has 20 heavy (non-hydrogen) atoms.